The van der Waals surface area contributed by atoms with Crippen LogP contribution in [0.4, 0.5) is 4.79 Å². The number of esters is 1. The summed E-state index contributed by atoms with van der Waals surface area (Å²) in [5.74, 6) is -0.431. The minimum absolute atomic E-state index is 0.176. The summed E-state index contributed by atoms with van der Waals surface area (Å²) in [6.45, 7) is 8.84. The molecule has 37 heavy (non-hydrogen) atoms. The zero-order valence-corrected chi connectivity index (χ0v) is 22.8. The van der Waals surface area contributed by atoms with E-state index in [1.165, 1.54) is 6.92 Å². The molecule has 0 saturated carbocycles. The Morgan fingerprint density at radius 2 is 1.57 bits per heavy atom. The first-order valence-corrected chi connectivity index (χ1v) is 12.3. The molecule has 2 aromatic carbocycles. The predicted octanol–water partition coefficient (Wildman–Crippen LogP) is 4.51. The van der Waals surface area contributed by atoms with E-state index in [0.29, 0.717) is 35.8 Å². The van der Waals surface area contributed by atoms with Gasteiger partial charge in [-0.25, -0.2) is 9.59 Å². The van der Waals surface area contributed by atoms with Crippen LogP contribution in [0.15, 0.2) is 48.5 Å². The van der Waals surface area contributed by atoms with Crippen molar-refractivity contribution in [2.45, 2.75) is 58.5 Å². The van der Waals surface area contributed by atoms with Crippen LogP contribution in [0.5, 0.6) is 5.75 Å². The summed E-state index contributed by atoms with van der Waals surface area (Å²) in [5.41, 5.74) is -0.615. The maximum atomic E-state index is 12.6. The Morgan fingerprint density at radius 1 is 0.946 bits per heavy atom. The van der Waals surface area contributed by atoms with Gasteiger partial charge in [0.1, 0.15) is 11.4 Å². The second kappa shape index (κ2) is 13.3. The third kappa shape index (κ3) is 10.3. The number of hydrogen-bond acceptors (Lipinski definition) is 8. The standard InChI is InChI=1S/C27H35ClN2O7/c1-18(35-25(33)37-26(2,3)17-29-6)34-24(32)27(4,5)36-22-13-7-19(8-14-22)15-16-30-23(31)20-9-11-21(28)12-10-20/h7-14,18,29H,15-17H2,1-6H3,(H,30,31). The number of hydrogen-bond donors (Lipinski definition) is 2. The maximum absolute atomic E-state index is 12.6. The topological polar surface area (TPSA) is 112 Å². The molecule has 0 fully saturated rings. The van der Waals surface area contributed by atoms with Crippen molar-refractivity contribution in [1.82, 2.24) is 10.6 Å². The van der Waals surface area contributed by atoms with Crippen molar-refractivity contribution in [3.8, 4) is 5.75 Å². The molecule has 1 amide bonds. The van der Waals surface area contributed by atoms with E-state index in [1.54, 1.807) is 71.1 Å². The number of nitrogens with one attached hydrogen (secondary N) is 2. The molecule has 0 aliphatic heterocycles. The quantitative estimate of drug-likeness (QED) is 0.302. The highest BCUT2D eigenvalue weighted by molar-refractivity contribution is 6.30. The smallest absolute Gasteiger partial charge is 0.476 e. The highest BCUT2D eigenvalue weighted by Crippen LogP contribution is 2.21. The molecule has 2 N–H and O–H groups in total. The third-order valence-electron chi connectivity index (χ3n) is 5.09. The Labute approximate surface area is 222 Å². The second-order valence-electron chi connectivity index (χ2n) is 9.50. The van der Waals surface area contributed by atoms with E-state index < -0.39 is 29.6 Å². The van der Waals surface area contributed by atoms with E-state index in [-0.39, 0.29) is 5.91 Å². The Kier molecular flexibility index (Phi) is 10.8. The van der Waals surface area contributed by atoms with Gasteiger partial charge in [0.2, 0.25) is 6.29 Å². The number of benzene rings is 2. The average molecular weight is 535 g/mol. The molecule has 9 nitrogen and oxygen atoms in total. The monoisotopic (exact) mass is 534 g/mol. The first-order valence-electron chi connectivity index (χ1n) is 11.9. The van der Waals surface area contributed by atoms with Crippen LogP contribution in [-0.2, 0) is 25.4 Å². The maximum Gasteiger partial charge on any atom is 0.511 e. The summed E-state index contributed by atoms with van der Waals surface area (Å²) in [6, 6.07) is 13.8. The van der Waals surface area contributed by atoms with Crippen molar-refractivity contribution in [2.75, 3.05) is 20.1 Å². The third-order valence-corrected chi connectivity index (χ3v) is 5.34. The van der Waals surface area contributed by atoms with Gasteiger partial charge in [0.05, 0.1) is 0 Å². The lowest BCUT2D eigenvalue weighted by Gasteiger charge is -2.27. The van der Waals surface area contributed by atoms with Crippen molar-refractivity contribution >= 4 is 29.6 Å². The van der Waals surface area contributed by atoms with Crippen LogP contribution < -0.4 is 15.4 Å². The van der Waals surface area contributed by atoms with Crippen molar-refractivity contribution in [3.63, 3.8) is 0 Å². The first kappa shape index (κ1) is 29.9. The van der Waals surface area contributed by atoms with Gasteiger partial charge in [-0.3, -0.25) is 4.79 Å². The molecule has 2 aromatic rings. The van der Waals surface area contributed by atoms with Gasteiger partial charge in [0, 0.05) is 30.6 Å². The molecule has 0 radical (unpaired) electrons. The van der Waals surface area contributed by atoms with Gasteiger partial charge in [0.15, 0.2) is 5.60 Å². The van der Waals surface area contributed by atoms with E-state index in [1.807, 2.05) is 12.1 Å². The van der Waals surface area contributed by atoms with Crippen LogP contribution in [0.2, 0.25) is 5.02 Å². The second-order valence-corrected chi connectivity index (χ2v) is 9.94. The summed E-state index contributed by atoms with van der Waals surface area (Å²) in [4.78, 5) is 36.8. The zero-order chi connectivity index (χ0) is 27.6. The molecular formula is C27H35ClN2O7. The number of carbonyl (C=O) groups excluding carboxylic acids is 3. The fraction of sp³-hybridized carbons (Fsp3) is 0.444. The van der Waals surface area contributed by atoms with Crippen molar-refractivity contribution in [2.24, 2.45) is 0 Å². The lowest BCUT2D eigenvalue weighted by Crippen LogP contribution is -2.42. The van der Waals surface area contributed by atoms with Gasteiger partial charge in [-0.05, 0) is 83.1 Å². The molecule has 0 saturated heterocycles. The van der Waals surface area contributed by atoms with E-state index in [4.69, 9.17) is 30.5 Å². The van der Waals surface area contributed by atoms with Gasteiger partial charge in [0.25, 0.3) is 5.91 Å². The number of rotatable bonds is 12. The van der Waals surface area contributed by atoms with Gasteiger partial charge in [-0.1, -0.05) is 23.7 Å². The average Bonchev–Trinajstić information content (AvgIpc) is 2.79. The molecule has 1 unspecified atom stereocenters. The Balaban J connectivity index is 1.81. The van der Waals surface area contributed by atoms with Crippen molar-refractivity contribution < 1.29 is 33.3 Å². The summed E-state index contributed by atoms with van der Waals surface area (Å²) in [7, 11) is 1.74. The van der Waals surface area contributed by atoms with Crippen LogP contribution in [-0.4, -0.2) is 55.7 Å². The van der Waals surface area contributed by atoms with Crippen LogP contribution in [0.1, 0.15) is 50.5 Å². The Hall–Kier alpha value is -3.30. The van der Waals surface area contributed by atoms with Crippen LogP contribution in [0.25, 0.3) is 0 Å². The molecule has 0 bridgehead atoms. The Morgan fingerprint density at radius 3 is 2.16 bits per heavy atom. The normalized spacial score (nSPS) is 12.3. The number of carbonyl (C=O) groups is 3. The molecule has 202 valence electrons. The highest BCUT2D eigenvalue weighted by atomic mass is 35.5. The van der Waals surface area contributed by atoms with Gasteiger partial charge < -0.3 is 29.6 Å². The summed E-state index contributed by atoms with van der Waals surface area (Å²) >= 11 is 5.85. The van der Waals surface area contributed by atoms with Crippen molar-refractivity contribution in [3.05, 3.63) is 64.7 Å². The Bertz CT molecular complexity index is 1050. The zero-order valence-electron chi connectivity index (χ0n) is 22.1. The van der Waals surface area contributed by atoms with Crippen molar-refractivity contribution in [1.29, 1.82) is 0 Å². The molecule has 0 aromatic heterocycles. The van der Waals surface area contributed by atoms with E-state index >= 15 is 0 Å². The number of ether oxygens (including phenoxy) is 4. The number of amides is 1. The van der Waals surface area contributed by atoms with Gasteiger partial charge in [-0.2, -0.15) is 0 Å². The fourth-order valence-corrected chi connectivity index (χ4v) is 3.37. The number of halogens is 1. The minimum Gasteiger partial charge on any atom is -0.476 e. The lowest BCUT2D eigenvalue weighted by atomic mass is 10.1. The predicted molar refractivity (Wildman–Crippen MR) is 140 cm³/mol. The molecule has 0 spiro atoms. The van der Waals surface area contributed by atoms with Crippen LogP contribution >= 0.6 is 11.6 Å². The van der Waals surface area contributed by atoms with E-state index in [0.717, 1.165) is 5.56 Å². The SMILES string of the molecule is CNCC(C)(C)OC(=O)OC(C)OC(=O)C(C)(C)Oc1ccc(CCNC(=O)c2ccc(Cl)cc2)cc1. The lowest BCUT2D eigenvalue weighted by molar-refractivity contribution is -0.184. The molecule has 0 heterocycles. The number of likely N-dealkylation sites (N-methyl/N-ethyl adjacent to an activating group) is 1. The minimum atomic E-state index is -1.35. The first-order chi connectivity index (χ1) is 17.3. The fourth-order valence-electron chi connectivity index (χ4n) is 3.25. The van der Waals surface area contributed by atoms with E-state index in [9.17, 15) is 14.4 Å². The highest BCUT2D eigenvalue weighted by Gasteiger charge is 2.34. The van der Waals surface area contributed by atoms with Gasteiger partial charge in [-0.15, -0.1) is 0 Å². The molecule has 2 rings (SSSR count). The van der Waals surface area contributed by atoms with Crippen LogP contribution in [0.3, 0.4) is 0 Å². The summed E-state index contributed by atoms with van der Waals surface area (Å²) in [5, 5.41) is 6.35. The molecule has 1 atom stereocenters. The van der Waals surface area contributed by atoms with Crippen LogP contribution in [0, 0.1) is 0 Å². The summed E-state index contributed by atoms with van der Waals surface area (Å²) in [6.07, 6.45) is -1.50. The molecular weight excluding hydrogens is 500 g/mol. The molecule has 10 heteroatoms. The molecule has 0 aliphatic rings. The molecule has 0 aliphatic carbocycles. The summed E-state index contributed by atoms with van der Waals surface area (Å²) < 4.78 is 21.3. The van der Waals surface area contributed by atoms with E-state index in [2.05, 4.69) is 10.6 Å². The largest absolute Gasteiger partial charge is 0.511 e. The van der Waals surface area contributed by atoms with Gasteiger partial charge >= 0.3 is 12.1 Å².